The summed E-state index contributed by atoms with van der Waals surface area (Å²) in [6, 6.07) is 9.69. The highest BCUT2D eigenvalue weighted by atomic mass is 15.2. The number of hydrogen-bond acceptors (Lipinski definition) is 5. The van der Waals surface area contributed by atoms with Gasteiger partial charge < -0.3 is 0 Å². The second-order valence-corrected chi connectivity index (χ2v) is 4.15. The van der Waals surface area contributed by atoms with Crippen LogP contribution in [0.4, 0.5) is 0 Å². The molecule has 0 saturated carbocycles. The van der Waals surface area contributed by atoms with Crippen molar-refractivity contribution in [1.82, 2.24) is 20.4 Å². The van der Waals surface area contributed by atoms with Gasteiger partial charge in [0.2, 0.25) is 0 Å². The topological polar surface area (TPSA) is 76.7 Å². The van der Waals surface area contributed by atoms with E-state index in [1.807, 2.05) is 30.3 Å². The fourth-order valence-corrected chi connectivity index (χ4v) is 2.16. The van der Waals surface area contributed by atoms with Crippen molar-refractivity contribution in [3.05, 3.63) is 66.4 Å². The van der Waals surface area contributed by atoms with Crippen molar-refractivity contribution in [1.29, 1.82) is 0 Å². The number of nitrogens with two attached hydrogens (primary N) is 1. The Labute approximate surface area is 110 Å². The third kappa shape index (κ3) is 2.16. The van der Waals surface area contributed by atoms with E-state index in [2.05, 4.69) is 20.4 Å². The monoisotopic (exact) mass is 251 g/mol. The summed E-state index contributed by atoms with van der Waals surface area (Å²) in [6.07, 6.45) is 6.78. The maximum absolute atomic E-state index is 5.69. The van der Waals surface area contributed by atoms with Crippen LogP contribution in [0.1, 0.15) is 17.3 Å². The molecule has 0 aliphatic heterocycles. The molecule has 2 aromatic heterocycles. The lowest BCUT2D eigenvalue weighted by Crippen LogP contribution is -2.29. The van der Waals surface area contributed by atoms with E-state index in [-0.39, 0.29) is 6.04 Å². The van der Waals surface area contributed by atoms with E-state index in [1.165, 1.54) is 0 Å². The molecule has 1 aromatic carbocycles. The second kappa shape index (κ2) is 5.09. The molecule has 0 radical (unpaired) electrons. The quantitative estimate of drug-likeness (QED) is 0.546. The van der Waals surface area contributed by atoms with Gasteiger partial charge in [0.05, 0.1) is 23.4 Å². The maximum Gasteiger partial charge on any atom is 0.0904 e. The summed E-state index contributed by atoms with van der Waals surface area (Å²) in [7, 11) is 0. The van der Waals surface area contributed by atoms with Gasteiger partial charge in [0.1, 0.15) is 0 Å². The molecule has 0 fully saturated rings. The minimum atomic E-state index is -0.207. The van der Waals surface area contributed by atoms with E-state index in [4.69, 9.17) is 5.84 Å². The summed E-state index contributed by atoms with van der Waals surface area (Å²) in [5.41, 5.74) is 5.55. The predicted molar refractivity (Wildman–Crippen MR) is 72.9 cm³/mol. The lowest BCUT2D eigenvalue weighted by molar-refractivity contribution is 0.621. The zero-order valence-electron chi connectivity index (χ0n) is 10.2. The van der Waals surface area contributed by atoms with E-state index in [9.17, 15) is 0 Å². The Bertz CT molecular complexity index is 678. The predicted octanol–water partition coefficient (Wildman–Crippen LogP) is 1.58. The summed E-state index contributed by atoms with van der Waals surface area (Å²) in [4.78, 5) is 12.7. The van der Waals surface area contributed by atoms with Crippen LogP contribution in [0.5, 0.6) is 0 Å². The molecular formula is C14H13N5. The number of hydrogen-bond donors (Lipinski definition) is 2. The first-order valence-corrected chi connectivity index (χ1v) is 5.96. The average molecular weight is 251 g/mol. The first kappa shape index (κ1) is 11.7. The lowest BCUT2D eigenvalue weighted by atomic mass is 10.0. The van der Waals surface area contributed by atoms with Gasteiger partial charge in [-0.1, -0.05) is 18.2 Å². The molecule has 3 aromatic rings. The molecule has 0 spiro atoms. The van der Waals surface area contributed by atoms with E-state index >= 15 is 0 Å². The van der Waals surface area contributed by atoms with Crippen LogP contribution in [-0.2, 0) is 0 Å². The summed E-state index contributed by atoms with van der Waals surface area (Å²) in [6.45, 7) is 0. The largest absolute Gasteiger partial charge is 0.271 e. The number of hydrazine groups is 1. The number of benzene rings is 1. The molecule has 3 N–H and O–H groups in total. The van der Waals surface area contributed by atoms with Crippen LogP contribution in [0.2, 0.25) is 0 Å². The first-order chi connectivity index (χ1) is 9.40. The van der Waals surface area contributed by atoms with Crippen LogP contribution in [-0.4, -0.2) is 15.0 Å². The highest BCUT2D eigenvalue weighted by Gasteiger charge is 2.16. The Morgan fingerprint density at radius 2 is 1.89 bits per heavy atom. The van der Waals surface area contributed by atoms with Gasteiger partial charge >= 0.3 is 0 Å². The van der Waals surface area contributed by atoms with Crippen molar-refractivity contribution in [3.63, 3.8) is 0 Å². The SMILES string of the molecule is NNC(c1cnccn1)c1ccnc2ccccc12. The lowest BCUT2D eigenvalue weighted by Gasteiger charge is -2.17. The zero-order valence-corrected chi connectivity index (χ0v) is 10.2. The molecule has 3 rings (SSSR count). The van der Waals surface area contributed by atoms with E-state index in [0.717, 1.165) is 22.2 Å². The summed E-state index contributed by atoms with van der Waals surface area (Å²) in [5.74, 6) is 5.69. The summed E-state index contributed by atoms with van der Waals surface area (Å²) >= 11 is 0. The molecule has 1 atom stereocenters. The van der Waals surface area contributed by atoms with Gasteiger partial charge in [0.25, 0.3) is 0 Å². The minimum absolute atomic E-state index is 0.207. The highest BCUT2D eigenvalue weighted by Crippen LogP contribution is 2.25. The molecule has 0 aliphatic carbocycles. The number of pyridine rings is 1. The molecule has 0 saturated heterocycles. The van der Waals surface area contributed by atoms with Gasteiger partial charge in [0.15, 0.2) is 0 Å². The molecule has 5 nitrogen and oxygen atoms in total. The van der Waals surface area contributed by atoms with Gasteiger partial charge in [-0.2, -0.15) is 0 Å². The number of aromatic nitrogens is 3. The van der Waals surface area contributed by atoms with Crippen molar-refractivity contribution >= 4 is 10.9 Å². The molecule has 5 heteroatoms. The third-order valence-corrected chi connectivity index (χ3v) is 3.04. The molecule has 0 bridgehead atoms. The Morgan fingerprint density at radius 1 is 1.00 bits per heavy atom. The average Bonchev–Trinajstić information content (AvgIpc) is 2.49. The highest BCUT2D eigenvalue weighted by molar-refractivity contribution is 5.82. The van der Waals surface area contributed by atoms with Crippen LogP contribution < -0.4 is 11.3 Å². The zero-order chi connectivity index (χ0) is 13.1. The van der Waals surface area contributed by atoms with Gasteiger partial charge in [-0.25, -0.2) is 5.43 Å². The van der Waals surface area contributed by atoms with E-state index in [1.54, 1.807) is 24.8 Å². The van der Waals surface area contributed by atoms with Crippen LogP contribution in [0.15, 0.2) is 55.1 Å². The van der Waals surface area contributed by atoms with Gasteiger partial charge in [-0.15, -0.1) is 0 Å². The van der Waals surface area contributed by atoms with Crippen LogP contribution in [0.3, 0.4) is 0 Å². The smallest absolute Gasteiger partial charge is 0.0904 e. The van der Waals surface area contributed by atoms with E-state index < -0.39 is 0 Å². The molecule has 0 aliphatic rings. The minimum Gasteiger partial charge on any atom is -0.271 e. The van der Waals surface area contributed by atoms with Crippen LogP contribution >= 0.6 is 0 Å². The van der Waals surface area contributed by atoms with E-state index in [0.29, 0.717) is 0 Å². The number of fused-ring (bicyclic) bond motifs is 1. The van der Waals surface area contributed by atoms with Crippen molar-refractivity contribution in [2.45, 2.75) is 6.04 Å². The molecule has 1 unspecified atom stereocenters. The third-order valence-electron chi connectivity index (χ3n) is 3.04. The number of rotatable bonds is 3. The normalized spacial score (nSPS) is 12.5. The summed E-state index contributed by atoms with van der Waals surface area (Å²) in [5, 5.41) is 1.05. The van der Waals surface area contributed by atoms with Crippen LogP contribution in [0.25, 0.3) is 10.9 Å². The standard InChI is InChI=1S/C14H13N5/c15-19-14(13-9-16-7-8-18-13)11-5-6-17-12-4-2-1-3-10(11)12/h1-9,14,19H,15H2. The molecule has 19 heavy (non-hydrogen) atoms. The molecule has 0 amide bonds. The Hall–Kier alpha value is -2.37. The first-order valence-electron chi connectivity index (χ1n) is 5.96. The van der Waals surface area contributed by atoms with Crippen molar-refractivity contribution in [3.8, 4) is 0 Å². The summed E-state index contributed by atoms with van der Waals surface area (Å²) < 4.78 is 0. The molecular weight excluding hydrogens is 238 g/mol. The fourth-order valence-electron chi connectivity index (χ4n) is 2.16. The Morgan fingerprint density at radius 3 is 2.68 bits per heavy atom. The van der Waals surface area contributed by atoms with Crippen molar-refractivity contribution in [2.75, 3.05) is 0 Å². The van der Waals surface area contributed by atoms with Crippen molar-refractivity contribution in [2.24, 2.45) is 5.84 Å². The number of para-hydroxylation sites is 1. The maximum atomic E-state index is 5.69. The second-order valence-electron chi connectivity index (χ2n) is 4.15. The fraction of sp³-hybridized carbons (Fsp3) is 0.0714. The Kier molecular flexibility index (Phi) is 3.14. The number of nitrogens with one attached hydrogen (secondary N) is 1. The van der Waals surface area contributed by atoms with Gasteiger partial charge in [-0.3, -0.25) is 20.8 Å². The molecule has 94 valence electrons. The van der Waals surface area contributed by atoms with Crippen LogP contribution in [0, 0.1) is 0 Å². The Balaban J connectivity index is 2.17. The van der Waals surface area contributed by atoms with Gasteiger partial charge in [0, 0.05) is 24.0 Å². The van der Waals surface area contributed by atoms with Crippen molar-refractivity contribution < 1.29 is 0 Å². The molecule has 2 heterocycles. The number of nitrogens with zero attached hydrogens (tertiary/aromatic N) is 3. The van der Waals surface area contributed by atoms with Gasteiger partial charge in [-0.05, 0) is 17.7 Å².